The lowest BCUT2D eigenvalue weighted by atomic mass is 10.1. The van der Waals surface area contributed by atoms with E-state index in [4.69, 9.17) is 10.00 Å². The van der Waals surface area contributed by atoms with E-state index in [1.807, 2.05) is 30.0 Å². The molecule has 2 rings (SSSR count). The molecule has 0 atom stereocenters. The van der Waals surface area contributed by atoms with Gasteiger partial charge in [-0.25, -0.2) is 0 Å². The van der Waals surface area contributed by atoms with Crippen LogP contribution in [0.2, 0.25) is 0 Å². The molecule has 1 heterocycles. The Bertz CT molecular complexity index is 393. The number of nitriles is 1. The minimum Gasteiger partial charge on any atom is -0.479 e. The van der Waals surface area contributed by atoms with Crippen LogP contribution in [0, 0.1) is 11.3 Å². The summed E-state index contributed by atoms with van der Waals surface area (Å²) in [7, 11) is 0. The first kappa shape index (κ1) is 13.3. The van der Waals surface area contributed by atoms with Crippen LogP contribution >= 0.6 is 11.8 Å². The lowest BCUT2D eigenvalue weighted by Gasteiger charge is -2.22. The molecule has 1 aromatic rings. The highest BCUT2D eigenvalue weighted by Gasteiger charge is 2.12. The van der Waals surface area contributed by atoms with Crippen LogP contribution in [0.25, 0.3) is 0 Å². The Balaban J connectivity index is 1.77. The first-order valence-electron chi connectivity index (χ1n) is 6.28. The molecule has 1 aromatic carbocycles. The standard InChI is InChI=1S/C14H18N2OS/c15-7-8-17-14-3-1-12(2-4-14)11-16-13-5-9-18-10-6-13/h1-4,13,16H,5-6,8-11H2. The summed E-state index contributed by atoms with van der Waals surface area (Å²) in [6.45, 7) is 1.02. The Kier molecular flexibility index (Phi) is 5.37. The van der Waals surface area contributed by atoms with Crippen molar-refractivity contribution in [3.63, 3.8) is 0 Å². The fraction of sp³-hybridized carbons (Fsp3) is 0.500. The van der Waals surface area contributed by atoms with Crippen molar-refractivity contribution in [3.05, 3.63) is 29.8 Å². The van der Waals surface area contributed by atoms with Gasteiger partial charge in [0.25, 0.3) is 0 Å². The van der Waals surface area contributed by atoms with E-state index >= 15 is 0 Å². The highest BCUT2D eigenvalue weighted by molar-refractivity contribution is 7.99. The lowest BCUT2D eigenvalue weighted by molar-refractivity contribution is 0.368. The van der Waals surface area contributed by atoms with Crippen LogP contribution in [0.15, 0.2) is 24.3 Å². The van der Waals surface area contributed by atoms with Gasteiger partial charge < -0.3 is 10.1 Å². The summed E-state index contributed by atoms with van der Waals surface area (Å²) in [4.78, 5) is 0. The Labute approximate surface area is 113 Å². The molecule has 4 heteroatoms. The molecule has 0 saturated carbocycles. The number of nitrogens with zero attached hydrogens (tertiary/aromatic N) is 1. The number of hydrogen-bond donors (Lipinski definition) is 1. The summed E-state index contributed by atoms with van der Waals surface area (Å²) in [5, 5.41) is 12.0. The topological polar surface area (TPSA) is 45.0 Å². The number of rotatable bonds is 5. The molecule has 1 aliphatic heterocycles. The second kappa shape index (κ2) is 7.30. The quantitative estimate of drug-likeness (QED) is 0.886. The number of thioether (sulfide) groups is 1. The Morgan fingerprint density at radius 1 is 1.28 bits per heavy atom. The van der Waals surface area contributed by atoms with E-state index in [0.717, 1.165) is 12.3 Å². The van der Waals surface area contributed by atoms with Gasteiger partial charge >= 0.3 is 0 Å². The normalized spacial score (nSPS) is 16.2. The molecule has 1 saturated heterocycles. The summed E-state index contributed by atoms with van der Waals surface area (Å²) in [5.74, 6) is 3.31. The third-order valence-electron chi connectivity index (χ3n) is 3.04. The third-order valence-corrected chi connectivity index (χ3v) is 4.09. The predicted octanol–water partition coefficient (Wildman–Crippen LogP) is 2.57. The van der Waals surface area contributed by atoms with E-state index in [1.54, 1.807) is 0 Å². The highest BCUT2D eigenvalue weighted by atomic mass is 32.2. The molecule has 0 aromatic heterocycles. The monoisotopic (exact) mass is 262 g/mol. The first-order valence-corrected chi connectivity index (χ1v) is 7.44. The molecule has 0 aliphatic carbocycles. The molecule has 0 bridgehead atoms. The summed E-state index contributed by atoms with van der Waals surface area (Å²) in [6.07, 6.45) is 2.54. The zero-order valence-electron chi connectivity index (χ0n) is 10.4. The second-order valence-electron chi connectivity index (χ2n) is 4.36. The summed E-state index contributed by atoms with van der Waals surface area (Å²) in [5.41, 5.74) is 1.26. The van der Waals surface area contributed by atoms with Gasteiger partial charge in [0.15, 0.2) is 6.61 Å². The molecule has 0 unspecified atom stereocenters. The fourth-order valence-corrected chi connectivity index (χ4v) is 3.09. The molecular weight excluding hydrogens is 244 g/mol. The van der Waals surface area contributed by atoms with Gasteiger partial charge in [-0.3, -0.25) is 0 Å². The van der Waals surface area contributed by atoms with E-state index in [1.165, 1.54) is 29.9 Å². The summed E-state index contributed by atoms with van der Waals surface area (Å²) >= 11 is 2.05. The van der Waals surface area contributed by atoms with E-state index in [2.05, 4.69) is 17.4 Å². The summed E-state index contributed by atoms with van der Waals surface area (Å²) in [6, 6.07) is 10.6. The molecule has 3 nitrogen and oxygen atoms in total. The number of hydrogen-bond acceptors (Lipinski definition) is 4. The van der Waals surface area contributed by atoms with E-state index < -0.39 is 0 Å². The van der Waals surface area contributed by atoms with Crippen molar-refractivity contribution in [1.29, 1.82) is 5.26 Å². The van der Waals surface area contributed by atoms with E-state index in [9.17, 15) is 0 Å². The fourth-order valence-electron chi connectivity index (χ4n) is 1.98. The van der Waals surface area contributed by atoms with Crippen molar-refractivity contribution in [2.75, 3.05) is 18.1 Å². The molecule has 0 radical (unpaired) electrons. The van der Waals surface area contributed by atoms with Crippen LogP contribution in [-0.4, -0.2) is 24.2 Å². The van der Waals surface area contributed by atoms with Gasteiger partial charge in [-0.2, -0.15) is 17.0 Å². The molecular formula is C14H18N2OS. The number of nitrogens with one attached hydrogen (secondary N) is 1. The number of ether oxygens (including phenoxy) is 1. The molecule has 1 aliphatic rings. The van der Waals surface area contributed by atoms with Gasteiger partial charge in [0.05, 0.1) is 0 Å². The molecule has 96 valence electrons. The molecule has 0 amide bonds. The maximum atomic E-state index is 8.42. The van der Waals surface area contributed by atoms with Crippen molar-refractivity contribution in [2.24, 2.45) is 0 Å². The maximum absolute atomic E-state index is 8.42. The van der Waals surface area contributed by atoms with E-state index in [-0.39, 0.29) is 6.61 Å². The number of benzene rings is 1. The molecule has 0 spiro atoms. The molecule has 1 fully saturated rings. The zero-order chi connectivity index (χ0) is 12.6. The van der Waals surface area contributed by atoms with E-state index in [0.29, 0.717) is 6.04 Å². The van der Waals surface area contributed by atoms with Crippen LogP contribution in [0.5, 0.6) is 5.75 Å². The summed E-state index contributed by atoms with van der Waals surface area (Å²) < 4.78 is 5.22. The molecule has 1 N–H and O–H groups in total. The van der Waals surface area contributed by atoms with Crippen LogP contribution in [-0.2, 0) is 6.54 Å². The lowest BCUT2D eigenvalue weighted by Crippen LogP contribution is -2.31. The minimum atomic E-state index is 0.108. The zero-order valence-corrected chi connectivity index (χ0v) is 11.2. The highest BCUT2D eigenvalue weighted by Crippen LogP contribution is 2.18. The third kappa shape index (κ3) is 4.25. The van der Waals surface area contributed by atoms with Crippen LogP contribution in [0.1, 0.15) is 18.4 Å². The maximum Gasteiger partial charge on any atom is 0.174 e. The van der Waals surface area contributed by atoms with Crippen LogP contribution in [0.4, 0.5) is 0 Å². The Hall–Kier alpha value is -1.18. The molecule has 18 heavy (non-hydrogen) atoms. The minimum absolute atomic E-state index is 0.108. The van der Waals surface area contributed by atoms with Crippen molar-refractivity contribution >= 4 is 11.8 Å². The Morgan fingerprint density at radius 2 is 2.00 bits per heavy atom. The van der Waals surface area contributed by atoms with Gasteiger partial charge in [0.2, 0.25) is 0 Å². The smallest absolute Gasteiger partial charge is 0.174 e. The SMILES string of the molecule is N#CCOc1ccc(CNC2CCSCC2)cc1. The van der Waals surface area contributed by atoms with Gasteiger partial charge in [-0.05, 0) is 42.0 Å². The first-order chi connectivity index (χ1) is 8.88. The largest absolute Gasteiger partial charge is 0.479 e. The van der Waals surface area contributed by atoms with Gasteiger partial charge in [-0.1, -0.05) is 12.1 Å². The van der Waals surface area contributed by atoms with Crippen LogP contribution < -0.4 is 10.1 Å². The van der Waals surface area contributed by atoms with Gasteiger partial charge in [0.1, 0.15) is 11.8 Å². The van der Waals surface area contributed by atoms with Gasteiger partial charge in [0, 0.05) is 12.6 Å². The van der Waals surface area contributed by atoms with Crippen molar-refractivity contribution in [2.45, 2.75) is 25.4 Å². The average Bonchev–Trinajstić information content (AvgIpc) is 2.45. The second-order valence-corrected chi connectivity index (χ2v) is 5.58. The van der Waals surface area contributed by atoms with Crippen LogP contribution in [0.3, 0.4) is 0 Å². The van der Waals surface area contributed by atoms with Crippen molar-refractivity contribution < 1.29 is 4.74 Å². The van der Waals surface area contributed by atoms with Crippen molar-refractivity contribution in [1.82, 2.24) is 5.32 Å². The van der Waals surface area contributed by atoms with Crippen molar-refractivity contribution in [3.8, 4) is 11.8 Å². The van der Waals surface area contributed by atoms with Gasteiger partial charge in [-0.15, -0.1) is 0 Å². The Morgan fingerprint density at radius 3 is 2.67 bits per heavy atom. The predicted molar refractivity (Wildman–Crippen MR) is 74.7 cm³/mol. The average molecular weight is 262 g/mol.